The van der Waals surface area contributed by atoms with Gasteiger partial charge in [-0.25, -0.2) is 4.98 Å². The van der Waals surface area contributed by atoms with Crippen LogP contribution >= 0.6 is 0 Å². The molecule has 2 aliphatic carbocycles. The number of amides is 1. The van der Waals surface area contributed by atoms with Crippen LogP contribution in [0.1, 0.15) is 61.7 Å². The molecule has 1 aliphatic heterocycles. The number of aromatic nitrogens is 3. The molecule has 0 bridgehead atoms. The van der Waals surface area contributed by atoms with Crippen molar-refractivity contribution in [2.45, 2.75) is 56.3 Å². The second-order valence-electron chi connectivity index (χ2n) is 8.30. The SMILES string of the molecule is O=C(N1CCC(Cc2nc(C3CC3)n[nH]2)CC1)C1(c2ccccc2)CC1. The summed E-state index contributed by atoms with van der Waals surface area (Å²) < 4.78 is 0. The number of nitrogens with one attached hydrogen (secondary N) is 1. The Hall–Kier alpha value is -2.17. The number of nitrogens with zero attached hydrogens (tertiary/aromatic N) is 3. The van der Waals surface area contributed by atoms with Crippen LogP contribution in [0.5, 0.6) is 0 Å². The molecular weight excluding hydrogens is 324 g/mol. The van der Waals surface area contributed by atoms with E-state index in [9.17, 15) is 4.79 Å². The van der Waals surface area contributed by atoms with Crippen molar-refractivity contribution in [2.75, 3.05) is 13.1 Å². The Morgan fingerprint density at radius 3 is 2.50 bits per heavy atom. The smallest absolute Gasteiger partial charge is 0.233 e. The summed E-state index contributed by atoms with van der Waals surface area (Å²) in [5, 5.41) is 7.48. The number of H-pyrrole nitrogens is 1. The molecule has 1 aromatic heterocycles. The van der Waals surface area contributed by atoms with Crippen LogP contribution in [-0.2, 0) is 16.6 Å². The number of likely N-dealkylation sites (tertiary alicyclic amines) is 1. The third-order valence-corrected chi connectivity index (χ3v) is 6.36. The maximum absolute atomic E-state index is 13.1. The van der Waals surface area contributed by atoms with E-state index in [1.807, 2.05) is 18.2 Å². The summed E-state index contributed by atoms with van der Waals surface area (Å²) in [4.78, 5) is 19.9. The molecule has 0 spiro atoms. The quantitative estimate of drug-likeness (QED) is 0.901. The molecule has 2 aromatic rings. The highest BCUT2D eigenvalue weighted by molar-refractivity contribution is 5.91. The molecule has 5 nitrogen and oxygen atoms in total. The first-order chi connectivity index (χ1) is 12.7. The lowest BCUT2D eigenvalue weighted by molar-refractivity contribution is -0.135. The zero-order chi connectivity index (χ0) is 17.6. The molecule has 1 saturated heterocycles. The summed E-state index contributed by atoms with van der Waals surface area (Å²) in [5.74, 6) is 3.58. The highest BCUT2D eigenvalue weighted by Crippen LogP contribution is 2.50. The third-order valence-electron chi connectivity index (χ3n) is 6.36. The summed E-state index contributed by atoms with van der Waals surface area (Å²) in [5.41, 5.74) is 0.972. The Morgan fingerprint density at radius 2 is 1.85 bits per heavy atom. The van der Waals surface area contributed by atoms with E-state index in [-0.39, 0.29) is 5.41 Å². The zero-order valence-electron chi connectivity index (χ0n) is 15.2. The molecule has 3 fully saturated rings. The minimum atomic E-state index is -0.224. The van der Waals surface area contributed by atoms with E-state index in [4.69, 9.17) is 0 Å². The lowest BCUT2D eigenvalue weighted by Crippen LogP contribution is -2.44. The summed E-state index contributed by atoms with van der Waals surface area (Å²) in [6, 6.07) is 10.3. The van der Waals surface area contributed by atoms with Crippen LogP contribution in [-0.4, -0.2) is 39.1 Å². The Morgan fingerprint density at radius 1 is 1.12 bits per heavy atom. The van der Waals surface area contributed by atoms with Gasteiger partial charge in [0.1, 0.15) is 5.82 Å². The summed E-state index contributed by atoms with van der Waals surface area (Å²) in [6.07, 6.45) is 7.56. The summed E-state index contributed by atoms with van der Waals surface area (Å²) >= 11 is 0. The van der Waals surface area contributed by atoms with Gasteiger partial charge in [0.2, 0.25) is 5.91 Å². The van der Waals surface area contributed by atoms with E-state index in [0.29, 0.717) is 17.7 Å². The first kappa shape index (κ1) is 16.0. The summed E-state index contributed by atoms with van der Waals surface area (Å²) in [7, 11) is 0. The van der Waals surface area contributed by atoms with Crippen molar-refractivity contribution < 1.29 is 4.79 Å². The van der Waals surface area contributed by atoms with Crippen molar-refractivity contribution >= 4 is 5.91 Å². The summed E-state index contributed by atoms with van der Waals surface area (Å²) in [6.45, 7) is 1.75. The molecule has 0 radical (unpaired) electrons. The molecule has 2 heterocycles. The largest absolute Gasteiger partial charge is 0.342 e. The maximum Gasteiger partial charge on any atom is 0.233 e. The number of carbonyl (C=O) groups is 1. The number of hydrogen-bond acceptors (Lipinski definition) is 3. The minimum Gasteiger partial charge on any atom is -0.342 e. The van der Waals surface area contributed by atoms with Crippen molar-refractivity contribution in [1.82, 2.24) is 20.1 Å². The van der Waals surface area contributed by atoms with Crippen molar-refractivity contribution in [2.24, 2.45) is 5.92 Å². The van der Waals surface area contributed by atoms with E-state index < -0.39 is 0 Å². The van der Waals surface area contributed by atoms with Crippen LogP contribution in [0.2, 0.25) is 0 Å². The molecule has 136 valence electrons. The van der Waals surface area contributed by atoms with Crippen molar-refractivity contribution in [3.05, 3.63) is 47.5 Å². The molecule has 2 saturated carbocycles. The standard InChI is InChI=1S/C21H26N4O/c26-20(21(10-11-21)17-4-2-1-3-5-17)25-12-8-15(9-13-25)14-18-22-19(24-23-18)16-6-7-16/h1-5,15-16H,6-14H2,(H,22,23,24). The van der Waals surface area contributed by atoms with Crippen LogP contribution in [0, 0.1) is 5.92 Å². The Labute approximate surface area is 154 Å². The average molecular weight is 350 g/mol. The lowest BCUT2D eigenvalue weighted by Gasteiger charge is -2.34. The normalized spacial score (nSPS) is 22.4. The number of carbonyl (C=O) groups excluding carboxylic acids is 1. The Kier molecular flexibility index (Phi) is 3.84. The fraction of sp³-hybridized carbons (Fsp3) is 0.571. The van der Waals surface area contributed by atoms with Crippen LogP contribution in [0.25, 0.3) is 0 Å². The van der Waals surface area contributed by atoms with Gasteiger partial charge in [-0.15, -0.1) is 0 Å². The molecule has 0 atom stereocenters. The zero-order valence-corrected chi connectivity index (χ0v) is 15.2. The van der Waals surface area contributed by atoms with Crippen LogP contribution in [0.15, 0.2) is 30.3 Å². The molecule has 5 rings (SSSR count). The van der Waals surface area contributed by atoms with Gasteiger partial charge in [-0.1, -0.05) is 30.3 Å². The third kappa shape index (κ3) is 2.93. The van der Waals surface area contributed by atoms with Crippen molar-refractivity contribution in [1.29, 1.82) is 0 Å². The highest BCUT2D eigenvalue weighted by Gasteiger charge is 2.53. The van der Waals surface area contributed by atoms with Gasteiger partial charge in [0.25, 0.3) is 0 Å². The number of hydrogen-bond donors (Lipinski definition) is 1. The van der Waals surface area contributed by atoms with Gasteiger partial charge >= 0.3 is 0 Å². The second kappa shape index (κ2) is 6.22. The Balaban J connectivity index is 1.18. The van der Waals surface area contributed by atoms with E-state index >= 15 is 0 Å². The predicted molar refractivity (Wildman–Crippen MR) is 98.7 cm³/mol. The first-order valence-corrected chi connectivity index (χ1v) is 10.0. The number of rotatable bonds is 5. The highest BCUT2D eigenvalue weighted by atomic mass is 16.2. The molecule has 1 N–H and O–H groups in total. The molecule has 1 amide bonds. The predicted octanol–water partition coefficient (Wildman–Crippen LogP) is 3.20. The lowest BCUT2D eigenvalue weighted by atomic mass is 9.90. The van der Waals surface area contributed by atoms with E-state index in [0.717, 1.165) is 56.8 Å². The van der Waals surface area contributed by atoms with Gasteiger partial charge in [-0.2, -0.15) is 5.10 Å². The Bertz CT molecular complexity index is 783. The van der Waals surface area contributed by atoms with Gasteiger partial charge in [-0.05, 0) is 50.0 Å². The molecule has 0 unspecified atom stereocenters. The average Bonchev–Trinajstić information content (AvgIpc) is 3.62. The first-order valence-electron chi connectivity index (χ1n) is 10.0. The fourth-order valence-corrected chi connectivity index (χ4v) is 4.35. The van der Waals surface area contributed by atoms with Gasteiger partial charge in [0.15, 0.2) is 5.82 Å². The number of piperidine rings is 1. The number of benzene rings is 1. The molecular formula is C21H26N4O. The molecule has 3 aliphatic rings. The number of aromatic amines is 1. The van der Waals surface area contributed by atoms with Crippen molar-refractivity contribution in [3.63, 3.8) is 0 Å². The monoisotopic (exact) mass is 350 g/mol. The van der Waals surface area contributed by atoms with E-state index in [2.05, 4.69) is 32.2 Å². The van der Waals surface area contributed by atoms with Crippen LogP contribution in [0.3, 0.4) is 0 Å². The van der Waals surface area contributed by atoms with Crippen molar-refractivity contribution in [3.8, 4) is 0 Å². The van der Waals surface area contributed by atoms with E-state index in [1.54, 1.807) is 0 Å². The minimum absolute atomic E-state index is 0.224. The van der Waals surface area contributed by atoms with Gasteiger partial charge in [0, 0.05) is 25.4 Å². The second-order valence-corrected chi connectivity index (χ2v) is 8.30. The van der Waals surface area contributed by atoms with Gasteiger partial charge < -0.3 is 4.90 Å². The molecule has 5 heteroatoms. The van der Waals surface area contributed by atoms with Crippen LogP contribution in [0.4, 0.5) is 0 Å². The topological polar surface area (TPSA) is 61.9 Å². The van der Waals surface area contributed by atoms with Crippen LogP contribution < -0.4 is 0 Å². The van der Waals surface area contributed by atoms with Gasteiger partial charge in [0.05, 0.1) is 5.41 Å². The molecule has 26 heavy (non-hydrogen) atoms. The fourth-order valence-electron chi connectivity index (χ4n) is 4.35. The molecule has 1 aromatic carbocycles. The van der Waals surface area contributed by atoms with E-state index in [1.165, 1.54) is 18.4 Å². The maximum atomic E-state index is 13.1. The van der Waals surface area contributed by atoms with Gasteiger partial charge in [-0.3, -0.25) is 9.89 Å².